The van der Waals surface area contributed by atoms with Crippen molar-refractivity contribution in [2.24, 2.45) is 0 Å². The van der Waals surface area contributed by atoms with Gasteiger partial charge >= 0.3 is 0 Å². The Hall–Kier alpha value is -1.52. The van der Waals surface area contributed by atoms with Gasteiger partial charge in [0.25, 0.3) is 0 Å². The van der Waals surface area contributed by atoms with Crippen LogP contribution < -0.4 is 16.8 Å². The first-order valence-electron chi connectivity index (χ1n) is 4.96. The molecule has 0 atom stereocenters. The summed E-state index contributed by atoms with van der Waals surface area (Å²) in [5.74, 6) is 0. The molecule has 1 aliphatic rings. The number of halogens is 1. The van der Waals surface area contributed by atoms with Gasteiger partial charge in [0, 0.05) is 21.2 Å². The van der Waals surface area contributed by atoms with E-state index in [2.05, 4.69) is 5.32 Å². The Kier molecular flexibility index (Phi) is 3.09. The van der Waals surface area contributed by atoms with Crippen LogP contribution >= 0.6 is 24.2 Å². The van der Waals surface area contributed by atoms with Crippen molar-refractivity contribution < 1.29 is 0 Å². The molecule has 0 aromatic heterocycles. The van der Waals surface area contributed by atoms with Crippen LogP contribution in [0.4, 0.5) is 22.7 Å². The van der Waals surface area contributed by atoms with Crippen LogP contribution in [0.2, 0.25) is 0 Å². The molecule has 0 amide bonds. The van der Waals surface area contributed by atoms with Crippen molar-refractivity contribution in [3.63, 3.8) is 0 Å². The molecule has 88 valence electrons. The van der Waals surface area contributed by atoms with Crippen molar-refractivity contribution >= 4 is 46.9 Å². The summed E-state index contributed by atoms with van der Waals surface area (Å²) in [6.07, 6.45) is 0. The van der Waals surface area contributed by atoms with Crippen LogP contribution in [0.3, 0.4) is 0 Å². The van der Waals surface area contributed by atoms with E-state index in [1.807, 2.05) is 36.4 Å². The van der Waals surface area contributed by atoms with Crippen molar-refractivity contribution in [1.82, 2.24) is 0 Å². The molecule has 0 aliphatic carbocycles. The van der Waals surface area contributed by atoms with Crippen LogP contribution in [-0.2, 0) is 0 Å². The monoisotopic (exact) mass is 265 g/mol. The van der Waals surface area contributed by atoms with Gasteiger partial charge in [-0.3, -0.25) is 0 Å². The number of nitrogens with one attached hydrogen (secondary N) is 1. The second-order valence-corrected chi connectivity index (χ2v) is 4.82. The van der Waals surface area contributed by atoms with Gasteiger partial charge in [-0.15, -0.1) is 12.4 Å². The number of nitrogen functional groups attached to an aromatic ring is 2. The van der Waals surface area contributed by atoms with Gasteiger partial charge in [-0.2, -0.15) is 0 Å². The summed E-state index contributed by atoms with van der Waals surface area (Å²) in [6, 6.07) is 11.7. The first-order valence-corrected chi connectivity index (χ1v) is 5.78. The van der Waals surface area contributed by atoms with Gasteiger partial charge in [0.05, 0.1) is 11.4 Å². The van der Waals surface area contributed by atoms with Crippen molar-refractivity contribution in [3.8, 4) is 0 Å². The fourth-order valence-electron chi connectivity index (χ4n) is 1.72. The molecule has 3 rings (SSSR count). The molecular formula is C12H12ClN3S. The summed E-state index contributed by atoms with van der Waals surface area (Å²) in [5, 5.41) is 3.36. The SMILES string of the molecule is Cl.Nc1ccc2c(c1)Sc1cc(N)ccc1N2. The number of hydrogen-bond donors (Lipinski definition) is 3. The predicted octanol–water partition coefficient (Wildman–Crippen LogP) is 3.48. The first-order chi connectivity index (χ1) is 7.72. The Morgan fingerprint density at radius 2 is 1.29 bits per heavy atom. The third-order valence-electron chi connectivity index (χ3n) is 2.50. The molecule has 1 heterocycles. The number of rotatable bonds is 0. The average molecular weight is 266 g/mol. The number of nitrogens with two attached hydrogens (primary N) is 2. The number of benzene rings is 2. The van der Waals surface area contributed by atoms with E-state index in [0.29, 0.717) is 0 Å². The van der Waals surface area contributed by atoms with E-state index >= 15 is 0 Å². The lowest BCUT2D eigenvalue weighted by molar-refractivity contribution is 1.32. The van der Waals surface area contributed by atoms with Gasteiger partial charge in [-0.1, -0.05) is 11.8 Å². The molecule has 5 N–H and O–H groups in total. The molecular weight excluding hydrogens is 254 g/mol. The van der Waals surface area contributed by atoms with Crippen LogP contribution in [0.15, 0.2) is 46.2 Å². The third kappa shape index (κ3) is 2.14. The normalized spacial score (nSPS) is 11.8. The van der Waals surface area contributed by atoms with E-state index in [1.165, 1.54) is 0 Å². The Morgan fingerprint density at radius 3 is 1.76 bits per heavy atom. The molecule has 0 radical (unpaired) electrons. The highest BCUT2D eigenvalue weighted by atomic mass is 35.5. The zero-order chi connectivity index (χ0) is 11.1. The molecule has 0 bridgehead atoms. The second-order valence-electron chi connectivity index (χ2n) is 3.74. The van der Waals surface area contributed by atoms with Crippen molar-refractivity contribution in [3.05, 3.63) is 36.4 Å². The van der Waals surface area contributed by atoms with Crippen molar-refractivity contribution in [1.29, 1.82) is 0 Å². The predicted molar refractivity (Wildman–Crippen MR) is 76.4 cm³/mol. The minimum Gasteiger partial charge on any atom is -0.399 e. The van der Waals surface area contributed by atoms with Gasteiger partial charge in [0.1, 0.15) is 0 Å². The van der Waals surface area contributed by atoms with Gasteiger partial charge in [0.15, 0.2) is 0 Å². The Bertz CT molecular complexity index is 522. The molecule has 5 heteroatoms. The lowest BCUT2D eigenvalue weighted by atomic mass is 10.2. The maximum Gasteiger partial charge on any atom is 0.0527 e. The molecule has 2 aromatic carbocycles. The van der Waals surface area contributed by atoms with Crippen molar-refractivity contribution in [2.45, 2.75) is 9.79 Å². The van der Waals surface area contributed by atoms with Crippen molar-refractivity contribution in [2.75, 3.05) is 16.8 Å². The van der Waals surface area contributed by atoms with Crippen LogP contribution in [0.25, 0.3) is 0 Å². The molecule has 0 spiro atoms. The molecule has 3 nitrogen and oxygen atoms in total. The molecule has 2 aromatic rings. The van der Waals surface area contributed by atoms with Gasteiger partial charge in [0.2, 0.25) is 0 Å². The van der Waals surface area contributed by atoms with Crippen LogP contribution in [0, 0.1) is 0 Å². The second kappa shape index (κ2) is 4.39. The lowest BCUT2D eigenvalue weighted by Gasteiger charge is -2.21. The topological polar surface area (TPSA) is 64.1 Å². The highest BCUT2D eigenvalue weighted by Crippen LogP contribution is 2.45. The Morgan fingerprint density at radius 1 is 0.824 bits per heavy atom. The fourth-order valence-corrected chi connectivity index (χ4v) is 2.80. The van der Waals surface area contributed by atoms with Gasteiger partial charge in [-0.25, -0.2) is 0 Å². The highest BCUT2D eigenvalue weighted by Gasteiger charge is 2.15. The van der Waals surface area contributed by atoms with E-state index in [0.717, 1.165) is 32.5 Å². The molecule has 0 fully saturated rings. The maximum absolute atomic E-state index is 5.77. The van der Waals surface area contributed by atoms with E-state index in [9.17, 15) is 0 Å². The minimum absolute atomic E-state index is 0. The van der Waals surface area contributed by atoms with Gasteiger partial charge < -0.3 is 16.8 Å². The standard InChI is InChI=1S/C12H11N3S.ClH/c13-7-1-3-9-11(5-7)16-12-6-8(14)2-4-10(12)15-9;/h1-6,15H,13-14H2;1H. The third-order valence-corrected chi connectivity index (χ3v) is 3.62. The summed E-state index contributed by atoms with van der Waals surface area (Å²) < 4.78 is 0. The Labute approximate surface area is 110 Å². The largest absolute Gasteiger partial charge is 0.399 e. The number of fused-ring (bicyclic) bond motifs is 2. The summed E-state index contributed by atoms with van der Waals surface area (Å²) in [4.78, 5) is 2.27. The van der Waals surface area contributed by atoms with E-state index in [-0.39, 0.29) is 12.4 Å². The maximum atomic E-state index is 5.77. The summed E-state index contributed by atoms with van der Waals surface area (Å²) >= 11 is 1.69. The lowest BCUT2D eigenvalue weighted by Crippen LogP contribution is -2.01. The van der Waals surface area contributed by atoms with E-state index in [1.54, 1.807) is 11.8 Å². The van der Waals surface area contributed by atoms with Crippen LogP contribution in [0.1, 0.15) is 0 Å². The summed E-state index contributed by atoms with van der Waals surface area (Å²) in [6.45, 7) is 0. The van der Waals surface area contributed by atoms with E-state index < -0.39 is 0 Å². The molecule has 1 aliphatic heterocycles. The summed E-state index contributed by atoms with van der Waals surface area (Å²) in [7, 11) is 0. The number of hydrogen-bond acceptors (Lipinski definition) is 4. The molecule has 17 heavy (non-hydrogen) atoms. The zero-order valence-electron chi connectivity index (χ0n) is 8.94. The summed E-state index contributed by atoms with van der Waals surface area (Å²) in [5.41, 5.74) is 15.3. The molecule has 0 saturated heterocycles. The van der Waals surface area contributed by atoms with Gasteiger partial charge in [-0.05, 0) is 36.4 Å². The fraction of sp³-hybridized carbons (Fsp3) is 0. The van der Waals surface area contributed by atoms with Crippen LogP contribution in [0.5, 0.6) is 0 Å². The minimum atomic E-state index is 0. The molecule has 0 saturated carbocycles. The molecule has 0 unspecified atom stereocenters. The van der Waals surface area contributed by atoms with E-state index in [4.69, 9.17) is 11.5 Å². The number of anilines is 4. The smallest absolute Gasteiger partial charge is 0.0527 e. The zero-order valence-corrected chi connectivity index (χ0v) is 10.6. The first kappa shape index (κ1) is 12.0. The van der Waals surface area contributed by atoms with Crippen LogP contribution in [-0.4, -0.2) is 0 Å². The quantitative estimate of drug-likeness (QED) is 0.545. The Balaban J connectivity index is 0.00000108. The average Bonchev–Trinajstić information content (AvgIpc) is 2.26. The highest BCUT2D eigenvalue weighted by molar-refractivity contribution is 7.99.